The highest BCUT2D eigenvalue weighted by molar-refractivity contribution is 7.19. The summed E-state index contributed by atoms with van der Waals surface area (Å²) in [6, 6.07) is 36.9. The van der Waals surface area contributed by atoms with Crippen LogP contribution in [-0.2, 0) is 0 Å². The molecule has 0 aliphatic heterocycles. The molecule has 3 heteroatoms. The van der Waals surface area contributed by atoms with Gasteiger partial charge in [0.1, 0.15) is 12.6 Å². The topological polar surface area (TPSA) is 34.1 Å². The minimum Gasteiger partial charge on any atom is -0.298 e. The Balaban J connectivity index is 2.09. The van der Waals surface area contributed by atoms with Crippen LogP contribution in [0.4, 0.5) is 0 Å². The lowest BCUT2D eigenvalue weighted by Gasteiger charge is -2.34. The largest absolute Gasteiger partial charge is 0.298 e. The van der Waals surface area contributed by atoms with Gasteiger partial charge >= 0.3 is 0 Å². The van der Waals surface area contributed by atoms with E-state index in [0.29, 0.717) is 11.1 Å². The van der Waals surface area contributed by atoms with E-state index in [2.05, 4.69) is 72.8 Å². The van der Waals surface area contributed by atoms with Crippen molar-refractivity contribution in [1.29, 1.82) is 0 Å². The average Bonchev–Trinajstić information content (AvgIpc) is 2.82. The van der Waals surface area contributed by atoms with Crippen LogP contribution < -0.4 is 20.7 Å². The first-order valence-electron chi connectivity index (χ1n) is 9.51. The summed E-state index contributed by atoms with van der Waals surface area (Å²) in [6.45, 7) is 0. The molecule has 4 aromatic rings. The van der Waals surface area contributed by atoms with Crippen molar-refractivity contribution >= 4 is 41.4 Å². The van der Waals surface area contributed by atoms with Gasteiger partial charge in [0.2, 0.25) is 0 Å². The van der Waals surface area contributed by atoms with E-state index in [1.54, 1.807) is 0 Å². The van der Waals surface area contributed by atoms with Crippen molar-refractivity contribution < 1.29 is 9.59 Å². The van der Waals surface area contributed by atoms with Crippen LogP contribution in [-0.4, -0.2) is 20.6 Å². The van der Waals surface area contributed by atoms with Crippen molar-refractivity contribution in [3.63, 3.8) is 0 Å². The Morgan fingerprint density at radius 1 is 0.414 bits per heavy atom. The van der Waals surface area contributed by atoms with Crippen LogP contribution in [0.15, 0.2) is 109 Å². The third-order valence-corrected chi connectivity index (χ3v) is 10.2. The van der Waals surface area contributed by atoms with Crippen LogP contribution in [0.5, 0.6) is 0 Å². The summed E-state index contributed by atoms with van der Waals surface area (Å²) in [7, 11) is -2.60. The summed E-state index contributed by atoms with van der Waals surface area (Å²) in [5.74, 6) is 0. The molecule has 0 heterocycles. The lowest BCUT2D eigenvalue weighted by molar-refractivity contribution is 0.111. The van der Waals surface area contributed by atoms with Crippen molar-refractivity contribution in [2.24, 2.45) is 0 Å². The highest BCUT2D eigenvalue weighted by Gasteiger charge is 2.41. The van der Waals surface area contributed by atoms with Gasteiger partial charge in [-0.05, 0) is 20.7 Å². The molecular weight excluding hydrogens is 372 g/mol. The van der Waals surface area contributed by atoms with E-state index in [-0.39, 0.29) is 0 Å². The molecule has 4 rings (SSSR count). The summed E-state index contributed by atoms with van der Waals surface area (Å²) in [5.41, 5.74) is 1.32. The Kier molecular flexibility index (Phi) is 5.32. The molecule has 0 aliphatic carbocycles. The predicted molar refractivity (Wildman–Crippen MR) is 121 cm³/mol. The first-order chi connectivity index (χ1) is 14.3. The molecule has 0 bridgehead atoms. The van der Waals surface area contributed by atoms with Gasteiger partial charge < -0.3 is 0 Å². The zero-order valence-corrected chi connectivity index (χ0v) is 16.9. The Labute approximate surface area is 171 Å². The van der Waals surface area contributed by atoms with Crippen LogP contribution >= 0.6 is 0 Å². The summed E-state index contributed by atoms with van der Waals surface area (Å²) < 4.78 is 0. The Hall–Kier alpha value is -3.56. The number of carbonyl (C=O) groups excluding carboxylic acids is 2. The van der Waals surface area contributed by atoms with Gasteiger partial charge in [-0.15, -0.1) is 0 Å². The predicted octanol–water partition coefficient (Wildman–Crippen LogP) is 2.69. The molecule has 0 N–H and O–H groups in total. The normalized spacial score (nSPS) is 11.0. The average molecular weight is 393 g/mol. The van der Waals surface area contributed by atoms with Gasteiger partial charge in [0, 0.05) is 11.1 Å². The quantitative estimate of drug-likeness (QED) is 0.287. The summed E-state index contributed by atoms with van der Waals surface area (Å²) in [6.07, 6.45) is 1.74. The van der Waals surface area contributed by atoms with E-state index in [4.69, 9.17) is 0 Å². The Morgan fingerprint density at radius 2 is 0.724 bits per heavy atom. The third kappa shape index (κ3) is 3.37. The number of carbonyl (C=O) groups is 2. The second kappa shape index (κ2) is 8.21. The zero-order valence-electron chi connectivity index (χ0n) is 15.9. The highest BCUT2D eigenvalue weighted by atomic mass is 28.3. The monoisotopic (exact) mass is 392 g/mol. The molecule has 0 saturated carbocycles. The van der Waals surface area contributed by atoms with Gasteiger partial charge in [-0.3, -0.25) is 9.59 Å². The Bertz CT molecular complexity index is 1010. The summed E-state index contributed by atoms with van der Waals surface area (Å²) >= 11 is 0. The van der Waals surface area contributed by atoms with Gasteiger partial charge in [0.25, 0.3) is 0 Å². The molecule has 4 aromatic carbocycles. The van der Waals surface area contributed by atoms with E-state index in [9.17, 15) is 9.59 Å². The maximum atomic E-state index is 11.2. The van der Waals surface area contributed by atoms with Crippen molar-refractivity contribution in [3.8, 4) is 0 Å². The summed E-state index contributed by atoms with van der Waals surface area (Å²) in [5, 5.41) is 4.89. The maximum absolute atomic E-state index is 11.2. The van der Waals surface area contributed by atoms with Crippen LogP contribution in [0.1, 0.15) is 20.7 Å². The first-order valence-corrected chi connectivity index (χ1v) is 11.5. The van der Waals surface area contributed by atoms with Crippen molar-refractivity contribution in [2.75, 3.05) is 0 Å². The minimum absolute atomic E-state index is 0.661. The summed E-state index contributed by atoms with van der Waals surface area (Å²) in [4.78, 5) is 22.5. The molecule has 0 saturated heterocycles. The van der Waals surface area contributed by atoms with E-state index in [0.717, 1.165) is 12.6 Å². The van der Waals surface area contributed by atoms with E-state index in [1.165, 1.54) is 20.7 Å². The second-order valence-electron chi connectivity index (χ2n) is 6.96. The molecule has 0 aromatic heterocycles. The van der Waals surface area contributed by atoms with Crippen molar-refractivity contribution in [1.82, 2.24) is 0 Å². The molecule has 29 heavy (non-hydrogen) atoms. The molecule has 2 nitrogen and oxygen atoms in total. The lowest BCUT2D eigenvalue weighted by atomic mass is 10.2. The number of aldehydes is 2. The molecule has 0 amide bonds. The van der Waals surface area contributed by atoms with Gasteiger partial charge in [-0.25, -0.2) is 0 Å². The van der Waals surface area contributed by atoms with E-state index >= 15 is 0 Å². The van der Waals surface area contributed by atoms with Gasteiger partial charge in [0.05, 0.1) is 0 Å². The molecule has 0 atom stereocenters. The number of hydrogen-bond acceptors (Lipinski definition) is 2. The Morgan fingerprint density at radius 3 is 1.03 bits per heavy atom. The third-order valence-electron chi connectivity index (χ3n) is 5.37. The van der Waals surface area contributed by atoms with E-state index in [1.807, 2.05) is 36.4 Å². The van der Waals surface area contributed by atoms with Crippen molar-refractivity contribution in [2.45, 2.75) is 0 Å². The van der Waals surface area contributed by atoms with Crippen LogP contribution in [0.25, 0.3) is 0 Å². The van der Waals surface area contributed by atoms with Crippen molar-refractivity contribution in [3.05, 3.63) is 120 Å². The van der Waals surface area contributed by atoms with Crippen LogP contribution in [0.3, 0.4) is 0 Å². The maximum Gasteiger partial charge on any atom is 0.179 e. The molecule has 140 valence electrons. The van der Waals surface area contributed by atoms with E-state index < -0.39 is 8.07 Å². The number of rotatable bonds is 6. The molecule has 0 unspecified atom stereocenters. The fourth-order valence-corrected chi connectivity index (χ4v) is 8.72. The smallest absolute Gasteiger partial charge is 0.179 e. The zero-order chi connectivity index (χ0) is 20.1. The number of benzene rings is 4. The number of hydrogen-bond donors (Lipinski definition) is 0. The van der Waals surface area contributed by atoms with Gasteiger partial charge in [-0.1, -0.05) is 109 Å². The van der Waals surface area contributed by atoms with Gasteiger partial charge in [-0.2, -0.15) is 0 Å². The minimum atomic E-state index is -2.60. The molecular formula is C26H20O2Si. The molecule has 0 radical (unpaired) electrons. The standard InChI is InChI=1S/C26H20O2Si/c27-19-21-11-15-25(16-12-21)29(23-7-3-1-4-8-23,24-9-5-2-6-10-24)26-17-13-22(20-28)14-18-26/h1-20H. The highest BCUT2D eigenvalue weighted by Crippen LogP contribution is 2.10. The molecule has 0 spiro atoms. The SMILES string of the molecule is O=Cc1ccc([Si](c2ccccc2)(c2ccccc2)c2ccc(C=O)cc2)cc1. The second-order valence-corrected chi connectivity index (χ2v) is 10.8. The molecule has 0 aliphatic rings. The first kappa shape index (κ1) is 18.8. The molecule has 0 fully saturated rings. The van der Waals surface area contributed by atoms with Crippen LogP contribution in [0, 0.1) is 0 Å². The lowest BCUT2D eigenvalue weighted by Crippen LogP contribution is -2.74. The van der Waals surface area contributed by atoms with Crippen LogP contribution in [0.2, 0.25) is 0 Å². The fraction of sp³-hybridized carbons (Fsp3) is 0. The van der Waals surface area contributed by atoms with Gasteiger partial charge in [0.15, 0.2) is 8.07 Å². The fourth-order valence-electron chi connectivity index (χ4n) is 4.00.